The molecule has 0 radical (unpaired) electrons. The zero-order valence-corrected chi connectivity index (χ0v) is 14.6. The van der Waals surface area contributed by atoms with Crippen molar-refractivity contribution >= 4 is 55.5 Å². The molecule has 5 nitrogen and oxygen atoms in total. The molecule has 114 valence electrons. The molecule has 0 fully saturated rings. The Morgan fingerprint density at radius 3 is 2.95 bits per heavy atom. The monoisotopic (exact) mass is 390 g/mol. The highest BCUT2D eigenvalue weighted by Crippen LogP contribution is 2.26. The van der Waals surface area contributed by atoms with Crippen LogP contribution in [0.1, 0.15) is 6.92 Å². The number of carbonyl (C=O) groups is 1. The lowest BCUT2D eigenvalue weighted by atomic mass is 10.3. The number of hydrogen-bond acceptors (Lipinski definition) is 4. The first-order valence-electron chi connectivity index (χ1n) is 6.36. The number of carboxylic acid groups (broad SMARTS) is 1. The Kier molecular flexibility index (Phi) is 5.83. The summed E-state index contributed by atoms with van der Waals surface area (Å²) >= 11 is 4.61. The van der Waals surface area contributed by atoms with Gasteiger partial charge in [-0.1, -0.05) is 34.6 Å². The third kappa shape index (κ3) is 4.31. The Morgan fingerprint density at radius 1 is 1.52 bits per heavy atom. The van der Waals surface area contributed by atoms with E-state index in [0.29, 0.717) is 23.2 Å². The van der Waals surface area contributed by atoms with Crippen LogP contribution in [-0.2, 0) is 22.1 Å². The Bertz CT molecular complexity index is 687. The summed E-state index contributed by atoms with van der Waals surface area (Å²) in [6.45, 7) is 2.45. The average molecular weight is 391 g/mol. The zero-order chi connectivity index (χ0) is 15.4. The molecule has 0 saturated heterocycles. The number of aliphatic carboxylic acids is 1. The van der Waals surface area contributed by atoms with Crippen LogP contribution in [0.15, 0.2) is 27.8 Å². The molecule has 0 spiro atoms. The summed E-state index contributed by atoms with van der Waals surface area (Å²) in [6.07, 6.45) is 0. The number of thioether (sulfide) groups is 1. The Balaban J connectivity index is 2.35. The SMILES string of the molecule is CCS(=O)CCn1c(SCC(=O)O)nc2ccc(Br)cc21. The van der Waals surface area contributed by atoms with Gasteiger partial charge in [0, 0.05) is 33.3 Å². The van der Waals surface area contributed by atoms with Crippen molar-refractivity contribution in [2.45, 2.75) is 18.6 Å². The number of nitrogens with zero attached hydrogens (tertiary/aromatic N) is 2. The molecule has 0 saturated carbocycles. The van der Waals surface area contributed by atoms with Crippen LogP contribution in [0.3, 0.4) is 0 Å². The van der Waals surface area contributed by atoms with E-state index in [1.165, 1.54) is 11.8 Å². The number of aryl methyl sites for hydroxylation is 1. The second kappa shape index (κ2) is 7.42. The molecule has 21 heavy (non-hydrogen) atoms. The number of rotatable bonds is 7. The summed E-state index contributed by atoms with van der Waals surface area (Å²) in [5, 5.41) is 9.48. The molecule has 0 aliphatic rings. The molecule has 0 aliphatic carbocycles. The summed E-state index contributed by atoms with van der Waals surface area (Å²) in [7, 11) is -0.867. The number of imidazole rings is 1. The van der Waals surface area contributed by atoms with Crippen LogP contribution in [0, 0.1) is 0 Å². The van der Waals surface area contributed by atoms with Gasteiger partial charge in [0.25, 0.3) is 0 Å². The van der Waals surface area contributed by atoms with Crippen LogP contribution in [0.2, 0.25) is 0 Å². The molecule has 0 amide bonds. The highest BCUT2D eigenvalue weighted by atomic mass is 79.9. The third-order valence-corrected chi connectivity index (χ3v) is 5.60. The second-order valence-electron chi connectivity index (χ2n) is 4.29. The number of carboxylic acids is 1. The topological polar surface area (TPSA) is 72.2 Å². The van der Waals surface area contributed by atoms with E-state index in [0.717, 1.165) is 15.5 Å². The molecule has 1 N–H and O–H groups in total. The van der Waals surface area contributed by atoms with Gasteiger partial charge in [-0.05, 0) is 18.2 Å². The van der Waals surface area contributed by atoms with E-state index in [1.54, 1.807) is 0 Å². The second-order valence-corrected chi connectivity index (χ2v) is 8.02. The largest absolute Gasteiger partial charge is 0.481 e. The number of aromatic nitrogens is 2. The van der Waals surface area contributed by atoms with Crippen molar-refractivity contribution < 1.29 is 14.1 Å². The van der Waals surface area contributed by atoms with Crippen molar-refractivity contribution in [1.29, 1.82) is 0 Å². The molecule has 1 aromatic carbocycles. The lowest BCUT2D eigenvalue weighted by Gasteiger charge is -2.08. The maximum Gasteiger partial charge on any atom is 0.313 e. The molecule has 1 unspecified atom stereocenters. The summed E-state index contributed by atoms with van der Waals surface area (Å²) in [6, 6.07) is 5.73. The predicted molar refractivity (Wildman–Crippen MR) is 89.3 cm³/mol. The number of hydrogen-bond donors (Lipinski definition) is 1. The van der Waals surface area contributed by atoms with Gasteiger partial charge in [0.15, 0.2) is 5.16 Å². The van der Waals surface area contributed by atoms with Gasteiger partial charge in [0.2, 0.25) is 0 Å². The zero-order valence-electron chi connectivity index (χ0n) is 11.4. The molecular formula is C13H15BrN2O3S2. The molecule has 1 atom stereocenters. The van der Waals surface area contributed by atoms with Crippen LogP contribution in [0.25, 0.3) is 11.0 Å². The summed E-state index contributed by atoms with van der Waals surface area (Å²) in [4.78, 5) is 15.2. The molecule has 8 heteroatoms. The number of fused-ring (bicyclic) bond motifs is 1. The first-order valence-corrected chi connectivity index (χ1v) is 9.63. The van der Waals surface area contributed by atoms with Crippen molar-refractivity contribution in [2.24, 2.45) is 0 Å². The number of halogens is 1. The first-order chi connectivity index (χ1) is 10.0. The minimum atomic E-state index is -0.878. The van der Waals surface area contributed by atoms with Gasteiger partial charge in [-0.15, -0.1) is 0 Å². The predicted octanol–water partition coefficient (Wildman–Crippen LogP) is 2.74. The fourth-order valence-corrected chi connectivity index (χ4v) is 3.65. The van der Waals surface area contributed by atoms with E-state index in [4.69, 9.17) is 5.11 Å². The van der Waals surface area contributed by atoms with Gasteiger partial charge in [0.1, 0.15) is 0 Å². The van der Waals surface area contributed by atoms with E-state index in [9.17, 15) is 9.00 Å². The van der Waals surface area contributed by atoms with Crippen molar-refractivity contribution in [2.75, 3.05) is 17.3 Å². The lowest BCUT2D eigenvalue weighted by Crippen LogP contribution is -2.10. The highest BCUT2D eigenvalue weighted by Gasteiger charge is 2.13. The van der Waals surface area contributed by atoms with E-state index >= 15 is 0 Å². The van der Waals surface area contributed by atoms with Crippen molar-refractivity contribution in [3.63, 3.8) is 0 Å². The van der Waals surface area contributed by atoms with Gasteiger partial charge >= 0.3 is 5.97 Å². The quantitative estimate of drug-likeness (QED) is 0.735. The average Bonchev–Trinajstić information content (AvgIpc) is 2.79. The number of benzene rings is 1. The molecular weight excluding hydrogens is 376 g/mol. The van der Waals surface area contributed by atoms with Crippen molar-refractivity contribution in [3.05, 3.63) is 22.7 Å². The summed E-state index contributed by atoms with van der Waals surface area (Å²) < 4.78 is 14.5. The molecule has 0 aliphatic heterocycles. The highest BCUT2D eigenvalue weighted by molar-refractivity contribution is 9.10. The molecule has 2 rings (SSSR count). The molecule has 1 heterocycles. The fraction of sp³-hybridized carbons (Fsp3) is 0.385. The summed E-state index contributed by atoms with van der Waals surface area (Å²) in [5.41, 5.74) is 1.73. The minimum Gasteiger partial charge on any atom is -0.481 e. The van der Waals surface area contributed by atoms with E-state index in [1.807, 2.05) is 29.7 Å². The van der Waals surface area contributed by atoms with Crippen LogP contribution in [0.5, 0.6) is 0 Å². The van der Waals surface area contributed by atoms with Gasteiger partial charge in [-0.3, -0.25) is 9.00 Å². The van der Waals surface area contributed by atoms with Crippen molar-refractivity contribution in [1.82, 2.24) is 9.55 Å². The van der Waals surface area contributed by atoms with Gasteiger partial charge in [-0.25, -0.2) is 4.98 Å². The Labute approximate surface area is 137 Å². The Morgan fingerprint density at radius 2 is 2.29 bits per heavy atom. The van der Waals surface area contributed by atoms with Gasteiger partial charge < -0.3 is 9.67 Å². The van der Waals surface area contributed by atoms with Gasteiger partial charge in [-0.2, -0.15) is 0 Å². The van der Waals surface area contributed by atoms with Crippen LogP contribution < -0.4 is 0 Å². The summed E-state index contributed by atoms with van der Waals surface area (Å²) in [5.74, 6) is 0.238. The van der Waals surface area contributed by atoms with Crippen LogP contribution in [0.4, 0.5) is 0 Å². The lowest BCUT2D eigenvalue weighted by molar-refractivity contribution is -0.133. The molecule has 2 aromatic rings. The standard InChI is InChI=1S/C13H15BrN2O3S2/c1-2-21(19)6-5-16-11-7-9(14)3-4-10(11)15-13(16)20-8-12(17)18/h3-4,7H,2,5-6,8H2,1H3,(H,17,18). The van der Waals surface area contributed by atoms with E-state index < -0.39 is 16.8 Å². The maximum atomic E-state index is 11.7. The molecule has 0 bridgehead atoms. The van der Waals surface area contributed by atoms with E-state index in [2.05, 4.69) is 20.9 Å². The smallest absolute Gasteiger partial charge is 0.313 e. The maximum absolute atomic E-state index is 11.7. The normalized spacial score (nSPS) is 12.7. The minimum absolute atomic E-state index is 0.0403. The van der Waals surface area contributed by atoms with Gasteiger partial charge in [0.05, 0.1) is 16.8 Å². The van der Waals surface area contributed by atoms with Crippen molar-refractivity contribution in [3.8, 4) is 0 Å². The van der Waals surface area contributed by atoms with Crippen LogP contribution in [-0.4, -0.2) is 42.1 Å². The third-order valence-electron chi connectivity index (χ3n) is 2.86. The van der Waals surface area contributed by atoms with E-state index in [-0.39, 0.29) is 5.75 Å². The first kappa shape index (κ1) is 16.5. The molecule has 1 aromatic heterocycles. The fourth-order valence-electron chi connectivity index (χ4n) is 1.86. The van der Waals surface area contributed by atoms with Crippen LogP contribution >= 0.6 is 27.7 Å². The Hall–Kier alpha value is -0.860.